The predicted octanol–water partition coefficient (Wildman–Crippen LogP) is 5.08. The van der Waals surface area contributed by atoms with Gasteiger partial charge in [0.2, 0.25) is 0 Å². The zero-order valence-corrected chi connectivity index (χ0v) is 17.9. The molecule has 0 spiro atoms. The lowest BCUT2D eigenvalue weighted by atomic mass is 9.85. The van der Waals surface area contributed by atoms with Gasteiger partial charge in [0.05, 0.1) is 11.2 Å². The molecule has 1 amide bonds. The van der Waals surface area contributed by atoms with Gasteiger partial charge in [-0.1, -0.05) is 32.4 Å². The molecule has 1 saturated carbocycles. The Balaban J connectivity index is 1.58. The Kier molecular flexibility index (Phi) is 6.07. The van der Waals surface area contributed by atoms with Crippen LogP contribution in [-0.4, -0.2) is 17.1 Å². The van der Waals surface area contributed by atoms with Crippen molar-refractivity contribution in [3.05, 3.63) is 70.3 Å². The number of carbonyl (C=O) groups excluding carboxylic acids is 1. The van der Waals surface area contributed by atoms with Gasteiger partial charge >= 0.3 is 0 Å². The highest BCUT2D eigenvalue weighted by molar-refractivity contribution is 5.92. The zero-order valence-electron chi connectivity index (χ0n) is 17.9. The fourth-order valence-electron chi connectivity index (χ4n) is 3.97. The van der Waals surface area contributed by atoms with Gasteiger partial charge in [0.15, 0.2) is 6.61 Å². The molecule has 4 rings (SSSR count). The predicted molar refractivity (Wildman–Crippen MR) is 120 cm³/mol. The molecule has 3 aromatic rings. The van der Waals surface area contributed by atoms with Crippen LogP contribution in [0.15, 0.2) is 53.3 Å². The summed E-state index contributed by atoms with van der Waals surface area (Å²) < 4.78 is 21.2. The lowest BCUT2D eigenvalue weighted by Crippen LogP contribution is -2.27. The van der Waals surface area contributed by atoms with Crippen LogP contribution in [0, 0.1) is 11.7 Å². The molecule has 31 heavy (non-hydrogen) atoms. The topological polar surface area (TPSA) is 60.3 Å². The molecule has 0 aliphatic heterocycles. The number of aromatic nitrogens is 1. The van der Waals surface area contributed by atoms with Crippen molar-refractivity contribution < 1.29 is 13.9 Å². The van der Waals surface area contributed by atoms with Gasteiger partial charge in [-0.05, 0) is 54.5 Å². The monoisotopic (exact) mass is 422 g/mol. The molecule has 6 heteroatoms. The van der Waals surface area contributed by atoms with Crippen molar-refractivity contribution in [1.82, 2.24) is 4.57 Å². The van der Waals surface area contributed by atoms with Crippen LogP contribution in [0.25, 0.3) is 10.9 Å². The first-order valence-electron chi connectivity index (χ1n) is 10.8. The van der Waals surface area contributed by atoms with E-state index in [0.29, 0.717) is 18.2 Å². The van der Waals surface area contributed by atoms with Gasteiger partial charge in [0.25, 0.3) is 11.5 Å². The van der Waals surface area contributed by atoms with Gasteiger partial charge in [-0.3, -0.25) is 9.59 Å². The summed E-state index contributed by atoms with van der Waals surface area (Å²) in [6, 6.07) is 13.3. The maximum absolute atomic E-state index is 13.7. The van der Waals surface area contributed by atoms with E-state index in [4.69, 9.17) is 4.74 Å². The molecular weight excluding hydrogens is 395 g/mol. The highest BCUT2D eigenvalue weighted by Gasteiger charge is 2.21. The molecule has 5 nitrogen and oxygen atoms in total. The number of ether oxygens (including phenoxy) is 1. The van der Waals surface area contributed by atoms with Crippen LogP contribution >= 0.6 is 0 Å². The number of pyridine rings is 1. The second-order valence-electron chi connectivity index (χ2n) is 8.50. The Morgan fingerprint density at radius 3 is 2.65 bits per heavy atom. The number of rotatable bonds is 7. The third-order valence-electron chi connectivity index (χ3n) is 5.92. The number of carbonyl (C=O) groups is 1. The van der Waals surface area contributed by atoms with E-state index in [0.717, 1.165) is 29.3 Å². The maximum Gasteiger partial charge on any atom is 0.262 e. The minimum Gasteiger partial charge on any atom is -0.484 e. The highest BCUT2D eigenvalue weighted by atomic mass is 19.1. The maximum atomic E-state index is 13.7. The summed E-state index contributed by atoms with van der Waals surface area (Å²) in [5, 5.41) is 3.53. The lowest BCUT2D eigenvalue weighted by molar-refractivity contribution is -0.118. The molecule has 1 fully saturated rings. The molecule has 1 aromatic heterocycles. The number of halogens is 1. The van der Waals surface area contributed by atoms with Crippen LogP contribution in [0.3, 0.4) is 0 Å². The van der Waals surface area contributed by atoms with Gasteiger partial charge < -0.3 is 14.6 Å². The third kappa shape index (κ3) is 4.63. The molecule has 2 aromatic carbocycles. The molecular formula is C25H27FN2O3. The number of para-hydroxylation sites is 1. The number of anilines is 1. The zero-order chi connectivity index (χ0) is 22.0. The van der Waals surface area contributed by atoms with Gasteiger partial charge in [-0.25, -0.2) is 4.39 Å². The molecule has 1 N–H and O–H groups in total. The van der Waals surface area contributed by atoms with E-state index in [2.05, 4.69) is 19.2 Å². The molecule has 0 atom stereocenters. The average Bonchev–Trinajstić information content (AvgIpc) is 2.71. The van der Waals surface area contributed by atoms with Crippen LogP contribution in [0.5, 0.6) is 5.75 Å². The fraction of sp³-hybridized carbons (Fsp3) is 0.360. The summed E-state index contributed by atoms with van der Waals surface area (Å²) >= 11 is 0. The van der Waals surface area contributed by atoms with Crippen LogP contribution < -0.4 is 15.6 Å². The molecule has 0 unspecified atom stereocenters. The average molecular weight is 423 g/mol. The molecule has 0 saturated heterocycles. The first-order valence-corrected chi connectivity index (χ1v) is 10.8. The third-order valence-corrected chi connectivity index (χ3v) is 5.92. The van der Waals surface area contributed by atoms with E-state index in [1.807, 2.05) is 22.8 Å². The van der Waals surface area contributed by atoms with E-state index in [1.165, 1.54) is 18.6 Å². The van der Waals surface area contributed by atoms with E-state index >= 15 is 0 Å². The summed E-state index contributed by atoms with van der Waals surface area (Å²) in [6.45, 7) is 4.59. The van der Waals surface area contributed by atoms with Crippen LogP contribution in [0.2, 0.25) is 0 Å². The first kappa shape index (κ1) is 21.1. The summed E-state index contributed by atoms with van der Waals surface area (Å²) in [7, 11) is 0. The quantitative estimate of drug-likeness (QED) is 0.578. The molecule has 1 aliphatic carbocycles. The minimum absolute atomic E-state index is 0.00227. The number of benzene rings is 2. The lowest BCUT2D eigenvalue weighted by Gasteiger charge is -2.27. The minimum atomic E-state index is -0.497. The van der Waals surface area contributed by atoms with E-state index in [-0.39, 0.29) is 23.8 Å². The summed E-state index contributed by atoms with van der Waals surface area (Å²) in [4.78, 5) is 25.1. The summed E-state index contributed by atoms with van der Waals surface area (Å²) in [5.41, 5.74) is 1.95. The number of fused-ring (bicyclic) bond motifs is 1. The summed E-state index contributed by atoms with van der Waals surface area (Å²) in [6.07, 6.45) is 3.51. The Labute approximate surface area is 180 Å². The number of amides is 1. The van der Waals surface area contributed by atoms with Crippen molar-refractivity contribution in [1.29, 1.82) is 0 Å². The van der Waals surface area contributed by atoms with Gasteiger partial charge in [0.1, 0.15) is 11.6 Å². The summed E-state index contributed by atoms with van der Waals surface area (Å²) in [5.74, 6) is 0.295. The highest BCUT2D eigenvalue weighted by Crippen LogP contribution is 2.31. The number of hydrogen-bond acceptors (Lipinski definition) is 3. The molecule has 162 valence electrons. The molecule has 0 radical (unpaired) electrons. The van der Waals surface area contributed by atoms with Crippen molar-refractivity contribution >= 4 is 22.5 Å². The fourth-order valence-corrected chi connectivity index (χ4v) is 3.97. The van der Waals surface area contributed by atoms with Crippen LogP contribution in [-0.2, 0) is 11.3 Å². The second kappa shape index (κ2) is 8.92. The van der Waals surface area contributed by atoms with Crippen molar-refractivity contribution in [2.24, 2.45) is 5.92 Å². The standard InChI is InChI=1S/C25H27FN2O3/c1-16(2)20-13-25(30)28(14-17-6-5-7-17)23-12-18(10-11-19(20)23)31-15-24(29)27-22-9-4-3-8-21(22)26/h3-4,8-13,16-17H,5-7,14-15H2,1-2H3,(H,27,29). The Hall–Kier alpha value is -3.15. The van der Waals surface area contributed by atoms with E-state index in [9.17, 15) is 14.0 Å². The molecule has 0 bridgehead atoms. The smallest absolute Gasteiger partial charge is 0.262 e. The Morgan fingerprint density at radius 1 is 1.19 bits per heavy atom. The van der Waals surface area contributed by atoms with Crippen molar-refractivity contribution in [2.75, 3.05) is 11.9 Å². The van der Waals surface area contributed by atoms with Crippen LogP contribution in [0.4, 0.5) is 10.1 Å². The van der Waals surface area contributed by atoms with Crippen molar-refractivity contribution in [3.63, 3.8) is 0 Å². The number of hydrogen-bond donors (Lipinski definition) is 1. The molecule has 1 heterocycles. The van der Waals surface area contributed by atoms with Gasteiger partial charge in [-0.2, -0.15) is 0 Å². The van der Waals surface area contributed by atoms with E-state index in [1.54, 1.807) is 18.2 Å². The Bertz CT molecular complexity index is 1170. The van der Waals surface area contributed by atoms with E-state index < -0.39 is 11.7 Å². The Morgan fingerprint density at radius 2 is 1.97 bits per heavy atom. The van der Waals surface area contributed by atoms with Gasteiger partial charge in [0, 0.05) is 24.1 Å². The number of nitrogens with one attached hydrogen (secondary N) is 1. The van der Waals surface area contributed by atoms with Crippen LogP contribution in [0.1, 0.15) is 44.6 Å². The van der Waals surface area contributed by atoms with Crippen molar-refractivity contribution in [3.8, 4) is 5.75 Å². The normalized spacial score (nSPS) is 13.9. The number of nitrogens with zero attached hydrogens (tertiary/aromatic N) is 1. The first-order chi connectivity index (χ1) is 14.9. The SMILES string of the molecule is CC(C)c1cc(=O)n(CC2CCC2)c2cc(OCC(=O)Nc3ccccc3F)ccc12. The van der Waals surface area contributed by atoms with Crippen molar-refractivity contribution in [2.45, 2.75) is 45.6 Å². The van der Waals surface area contributed by atoms with Gasteiger partial charge in [-0.15, -0.1) is 0 Å². The second-order valence-corrected chi connectivity index (χ2v) is 8.50. The molecule has 1 aliphatic rings. The largest absolute Gasteiger partial charge is 0.484 e.